The molecule has 3 aromatic rings. The molecule has 0 atom stereocenters. The van der Waals surface area contributed by atoms with Gasteiger partial charge in [0.1, 0.15) is 0 Å². The third kappa shape index (κ3) is 5.89. The normalized spacial score (nSPS) is 13.1. The number of nitrogens with one attached hydrogen (secondary N) is 3. The number of carbonyl (C=O) groups excluding carboxylic acids is 2. The first-order valence-electron chi connectivity index (χ1n) is 11.0. The molecule has 1 aliphatic heterocycles. The van der Waals surface area contributed by atoms with Gasteiger partial charge in [0.15, 0.2) is 0 Å². The summed E-state index contributed by atoms with van der Waals surface area (Å²) in [5.74, 6) is -0.578. The number of benzene rings is 3. The number of nitrogens with zero attached hydrogens (tertiary/aromatic N) is 1. The molecule has 1 aliphatic rings. The maximum atomic E-state index is 13.1. The van der Waals surface area contributed by atoms with Crippen molar-refractivity contribution >= 4 is 40.6 Å². The highest BCUT2D eigenvalue weighted by atomic mass is 35.5. The van der Waals surface area contributed by atoms with E-state index >= 15 is 0 Å². The van der Waals surface area contributed by atoms with Gasteiger partial charge in [-0.05, 0) is 72.5 Å². The largest absolute Gasteiger partial charge is 0.417 e. The van der Waals surface area contributed by atoms with Crippen molar-refractivity contribution in [2.75, 3.05) is 22.1 Å². The van der Waals surface area contributed by atoms with Crippen LogP contribution in [0.3, 0.4) is 0 Å². The molecule has 0 spiro atoms. The van der Waals surface area contributed by atoms with Crippen molar-refractivity contribution in [3.05, 3.63) is 87.9 Å². The van der Waals surface area contributed by atoms with Crippen LogP contribution in [0.1, 0.15) is 33.5 Å². The topological polar surface area (TPSA) is 93.7 Å². The third-order valence-corrected chi connectivity index (χ3v) is 6.10. The Morgan fingerprint density at radius 2 is 1.64 bits per heavy atom. The number of aryl methyl sites for hydroxylation is 1. The average Bonchev–Trinajstić information content (AvgIpc) is 2.84. The number of fused-ring (bicyclic) bond motifs is 1. The maximum absolute atomic E-state index is 13.1. The van der Waals surface area contributed by atoms with Crippen LogP contribution >= 0.6 is 11.6 Å². The number of hydroxylamine groups is 1. The van der Waals surface area contributed by atoms with Crippen LogP contribution in [0.5, 0.6) is 0 Å². The molecule has 0 bridgehead atoms. The SMILES string of the molecule is O=C(Nc1ccc2c(c1)CCCN2Cc1ccc(C(=O)NO)cc1)Nc1ccc(Cl)c(C(F)(F)F)c1. The molecule has 0 aliphatic carbocycles. The quantitative estimate of drug-likeness (QED) is 0.243. The van der Waals surface area contributed by atoms with E-state index in [9.17, 15) is 22.8 Å². The van der Waals surface area contributed by atoms with Crippen LogP contribution in [-0.2, 0) is 19.1 Å². The molecule has 36 heavy (non-hydrogen) atoms. The van der Waals surface area contributed by atoms with Crippen LogP contribution in [0.25, 0.3) is 0 Å². The Labute approximate surface area is 209 Å². The first-order chi connectivity index (χ1) is 17.1. The molecule has 0 saturated heterocycles. The van der Waals surface area contributed by atoms with Crippen molar-refractivity contribution in [2.45, 2.75) is 25.6 Å². The lowest BCUT2D eigenvalue weighted by Crippen LogP contribution is -2.29. The van der Waals surface area contributed by atoms with E-state index in [1.807, 2.05) is 24.3 Å². The zero-order valence-electron chi connectivity index (χ0n) is 18.8. The van der Waals surface area contributed by atoms with Crippen molar-refractivity contribution in [3.8, 4) is 0 Å². The van der Waals surface area contributed by atoms with Crippen molar-refractivity contribution in [3.63, 3.8) is 0 Å². The summed E-state index contributed by atoms with van der Waals surface area (Å²) in [5.41, 5.74) is 4.43. The summed E-state index contributed by atoms with van der Waals surface area (Å²) in [6.45, 7) is 1.44. The van der Waals surface area contributed by atoms with Crippen LogP contribution in [0, 0.1) is 0 Å². The van der Waals surface area contributed by atoms with Gasteiger partial charge >= 0.3 is 12.2 Å². The van der Waals surface area contributed by atoms with E-state index in [0.717, 1.165) is 48.3 Å². The Morgan fingerprint density at radius 1 is 0.972 bits per heavy atom. The van der Waals surface area contributed by atoms with Crippen molar-refractivity contribution in [2.24, 2.45) is 0 Å². The van der Waals surface area contributed by atoms with Gasteiger partial charge in [0.25, 0.3) is 5.91 Å². The van der Waals surface area contributed by atoms with Crippen LogP contribution in [-0.4, -0.2) is 23.7 Å². The van der Waals surface area contributed by atoms with Gasteiger partial charge in [-0.1, -0.05) is 23.7 Å². The van der Waals surface area contributed by atoms with Crippen LogP contribution in [0.15, 0.2) is 60.7 Å². The number of urea groups is 1. The molecule has 0 unspecified atom stereocenters. The summed E-state index contributed by atoms with van der Waals surface area (Å²) in [6, 6.07) is 14.9. The number of alkyl halides is 3. The van der Waals surface area contributed by atoms with Crippen LogP contribution < -0.4 is 21.0 Å². The number of carbonyl (C=O) groups is 2. The Kier molecular flexibility index (Phi) is 7.37. The van der Waals surface area contributed by atoms with E-state index in [1.165, 1.54) is 6.07 Å². The summed E-state index contributed by atoms with van der Waals surface area (Å²) in [7, 11) is 0. The second-order valence-corrected chi connectivity index (χ2v) is 8.69. The van der Waals surface area contributed by atoms with E-state index in [1.54, 1.807) is 23.7 Å². The molecule has 0 radical (unpaired) electrons. The summed E-state index contributed by atoms with van der Waals surface area (Å²) in [6.07, 6.45) is -2.92. The van der Waals surface area contributed by atoms with Crippen molar-refractivity contribution in [1.82, 2.24) is 5.48 Å². The summed E-state index contributed by atoms with van der Waals surface area (Å²) in [5, 5.41) is 13.4. The number of anilines is 3. The lowest BCUT2D eigenvalue weighted by atomic mass is 10.00. The van der Waals surface area contributed by atoms with Gasteiger partial charge in [-0.25, -0.2) is 10.3 Å². The standard InChI is InChI=1S/C25H22ClF3N4O3/c26-21-9-7-19(13-20(21)25(27,28)29)31-24(35)30-18-8-10-22-17(12-18)2-1-11-33(22)14-15-3-5-16(6-4-15)23(34)32-36/h3-10,12-13,36H,1-2,11,14H2,(H,32,34)(H2,30,31,35). The van der Waals surface area contributed by atoms with Gasteiger partial charge in [-0.3, -0.25) is 10.0 Å². The predicted octanol–water partition coefficient (Wildman–Crippen LogP) is 6.07. The molecular weight excluding hydrogens is 497 g/mol. The summed E-state index contributed by atoms with van der Waals surface area (Å²) < 4.78 is 39.2. The van der Waals surface area contributed by atoms with E-state index in [2.05, 4.69) is 15.5 Å². The fourth-order valence-electron chi connectivity index (χ4n) is 4.08. The Balaban J connectivity index is 1.43. The highest BCUT2D eigenvalue weighted by Crippen LogP contribution is 2.36. The van der Waals surface area contributed by atoms with Gasteiger partial charge in [0.2, 0.25) is 0 Å². The van der Waals surface area contributed by atoms with E-state index < -0.39 is 28.7 Å². The molecule has 4 N–H and O–H groups in total. The van der Waals surface area contributed by atoms with Gasteiger partial charge in [-0.2, -0.15) is 13.2 Å². The molecule has 3 aromatic carbocycles. The highest BCUT2D eigenvalue weighted by Gasteiger charge is 2.33. The average molecular weight is 519 g/mol. The van der Waals surface area contributed by atoms with Crippen molar-refractivity contribution in [1.29, 1.82) is 0 Å². The Hall–Kier alpha value is -3.76. The predicted molar refractivity (Wildman–Crippen MR) is 131 cm³/mol. The number of rotatable bonds is 5. The van der Waals surface area contributed by atoms with Crippen LogP contribution in [0.4, 0.5) is 35.0 Å². The third-order valence-electron chi connectivity index (χ3n) is 5.77. The number of halogens is 4. The molecule has 188 valence electrons. The van der Waals surface area contributed by atoms with E-state index in [-0.39, 0.29) is 5.69 Å². The minimum atomic E-state index is -4.63. The minimum Gasteiger partial charge on any atom is -0.367 e. The lowest BCUT2D eigenvalue weighted by molar-refractivity contribution is -0.137. The fraction of sp³-hybridized carbons (Fsp3) is 0.200. The first-order valence-corrected chi connectivity index (χ1v) is 11.4. The molecule has 11 heteroatoms. The van der Waals surface area contributed by atoms with Crippen molar-refractivity contribution < 1.29 is 28.0 Å². The highest BCUT2D eigenvalue weighted by molar-refractivity contribution is 6.31. The molecule has 4 rings (SSSR count). The molecule has 7 nitrogen and oxygen atoms in total. The van der Waals surface area contributed by atoms with Gasteiger partial charge in [0, 0.05) is 35.7 Å². The Bertz CT molecular complexity index is 1280. The van der Waals surface area contributed by atoms with Gasteiger partial charge < -0.3 is 15.5 Å². The fourth-order valence-corrected chi connectivity index (χ4v) is 4.30. The monoisotopic (exact) mass is 518 g/mol. The van der Waals surface area contributed by atoms with Gasteiger partial charge in [0.05, 0.1) is 10.6 Å². The molecule has 0 aromatic heterocycles. The summed E-state index contributed by atoms with van der Waals surface area (Å²) >= 11 is 5.63. The van der Waals surface area contributed by atoms with E-state index in [4.69, 9.17) is 16.8 Å². The lowest BCUT2D eigenvalue weighted by Gasteiger charge is -2.32. The first kappa shape index (κ1) is 25.3. The maximum Gasteiger partial charge on any atom is 0.417 e. The molecule has 1 heterocycles. The molecule has 0 saturated carbocycles. The zero-order chi connectivity index (χ0) is 25.9. The second-order valence-electron chi connectivity index (χ2n) is 8.28. The number of hydrogen-bond donors (Lipinski definition) is 4. The summed E-state index contributed by atoms with van der Waals surface area (Å²) in [4.78, 5) is 26.1. The van der Waals surface area contributed by atoms with Crippen LogP contribution in [0.2, 0.25) is 5.02 Å². The molecule has 0 fully saturated rings. The molecular formula is C25H22ClF3N4O3. The smallest absolute Gasteiger partial charge is 0.367 e. The molecule has 3 amide bonds. The minimum absolute atomic E-state index is 0.0316. The van der Waals surface area contributed by atoms with Gasteiger partial charge in [-0.15, -0.1) is 0 Å². The Morgan fingerprint density at radius 3 is 2.31 bits per heavy atom. The number of amides is 3. The second kappa shape index (κ2) is 10.5. The zero-order valence-corrected chi connectivity index (χ0v) is 19.6. The van der Waals surface area contributed by atoms with E-state index in [0.29, 0.717) is 17.8 Å². The number of hydrogen-bond acceptors (Lipinski definition) is 4.